The van der Waals surface area contributed by atoms with Crippen LogP contribution in [0.4, 0.5) is 11.4 Å². The molecule has 86 valence electrons. The highest BCUT2D eigenvalue weighted by atomic mass is 16.2. The number of nitrogen functional groups attached to an aromatic ring is 1. The van der Waals surface area contributed by atoms with E-state index in [1.54, 1.807) is 0 Å². The van der Waals surface area contributed by atoms with E-state index in [-0.39, 0.29) is 5.91 Å². The van der Waals surface area contributed by atoms with Crippen LogP contribution in [-0.2, 0) is 4.79 Å². The predicted octanol–water partition coefficient (Wildman–Crippen LogP) is 0.984. The van der Waals surface area contributed by atoms with Crippen molar-refractivity contribution in [3.8, 4) is 0 Å². The first-order valence-corrected chi connectivity index (χ1v) is 5.51. The average molecular weight is 219 g/mol. The van der Waals surface area contributed by atoms with E-state index in [4.69, 9.17) is 5.73 Å². The van der Waals surface area contributed by atoms with Crippen molar-refractivity contribution < 1.29 is 4.79 Å². The summed E-state index contributed by atoms with van der Waals surface area (Å²) in [5, 5.41) is 2.96. The van der Waals surface area contributed by atoms with Crippen LogP contribution in [0.1, 0.15) is 12.8 Å². The van der Waals surface area contributed by atoms with E-state index in [9.17, 15) is 4.79 Å². The molecule has 2 rings (SSSR count). The molecule has 0 heterocycles. The molecule has 0 bridgehead atoms. The van der Waals surface area contributed by atoms with Crippen LogP contribution in [0.15, 0.2) is 24.3 Å². The Hall–Kier alpha value is -1.71. The van der Waals surface area contributed by atoms with E-state index >= 15 is 0 Å². The van der Waals surface area contributed by atoms with Gasteiger partial charge in [0.15, 0.2) is 0 Å². The smallest absolute Gasteiger partial charge is 0.239 e. The monoisotopic (exact) mass is 219 g/mol. The maximum absolute atomic E-state index is 11.6. The third kappa shape index (κ3) is 2.89. The van der Waals surface area contributed by atoms with Crippen molar-refractivity contribution in [2.75, 3.05) is 24.2 Å². The topological polar surface area (TPSA) is 58.4 Å². The molecule has 0 aliphatic heterocycles. The number of nitrogens with two attached hydrogens (primary N) is 1. The minimum Gasteiger partial charge on any atom is -0.399 e. The highest BCUT2D eigenvalue weighted by Gasteiger charge is 2.23. The number of benzene rings is 1. The number of amides is 1. The van der Waals surface area contributed by atoms with Gasteiger partial charge in [-0.2, -0.15) is 0 Å². The Balaban J connectivity index is 1.91. The molecule has 3 N–H and O–H groups in total. The van der Waals surface area contributed by atoms with Crippen LogP contribution in [0.5, 0.6) is 0 Å². The zero-order valence-electron chi connectivity index (χ0n) is 9.44. The van der Waals surface area contributed by atoms with Gasteiger partial charge in [0.05, 0.1) is 6.54 Å². The summed E-state index contributed by atoms with van der Waals surface area (Å²) in [4.78, 5) is 13.5. The molecule has 0 unspecified atom stereocenters. The van der Waals surface area contributed by atoms with Crippen molar-refractivity contribution in [2.45, 2.75) is 18.9 Å². The van der Waals surface area contributed by atoms with Gasteiger partial charge in [-0.1, -0.05) is 6.07 Å². The van der Waals surface area contributed by atoms with Gasteiger partial charge in [-0.3, -0.25) is 4.79 Å². The van der Waals surface area contributed by atoms with Crippen molar-refractivity contribution in [1.82, 2.24) is 5.32 Å². The standard InChI is InChI=1S/C12H17N3O/c1-15(8-12(16)14-10-5-6-10)11-4-2-3-9(13)7-11/h2-4,7,10H,5-6,8,13H2,1H3,(H,14,16). The van der Waals surface area contributed by atoms with Gasteiger partial charge < -0.3 is 16.0 Å². The Labute approximate surface area is 95.4 Å². The highest BCUT2D eigenvalue weighted by molar-refractivity contribution is 5.81. The van der Waals surface area contributed by atoms with Gasteiger partial charge in [0.2, 0.25) is 5.91 Å². The SMILES string of the molecule is CN(CC(=O)NC1CC1)c1cccc(N)c1. The number of likely N-dealkylation sites (N-methyl/N-ethyl adjacent to an activating group) is 1. The first kappa shape index (κ1) is 10.8. The number of carbonyl (C=O) groups excluding carboxylic acids is 1. The van der Waals surface area contributed by atoms with Crippen molar-refractivity contribution >= 4 is 17.3 Å². The number of nitrogens with one attached hydrogen (secondary N) is 1. The number of carbonyl (C=O) groups is 1. The molecule has 1 saturated carbocycles. The number of rotatable bonds is 4. The van der Waals surface area contributed by atoms with Crippen LogP contribution >= 0.6 is 0 Å². The van der Waals surface area contributed by atoms with E-state index in [0.717, 1.165) is 18.5 Å². The van der Waals surface area contributed by atoms with Gasteiger partial charge >= 0.3 is 0 Å². The fourth-order valence-corrected chi connectivity index (χ4v) is 1.57. The van der Waals surface area contributed by atoms with Gasteiger partial charge in [-0.25, -0.2) is 0 Å². The molecule has 0 aromatic heterocycles. The first-order chi connectivity index (χ1) is 7.65. The van der Waals surface area contributed by atoms with Crippen molar-refractivity contribution in [3.63, 3.8) is 0 Å². The van der Waals surface area contributed by atoms with Crippen LogP contribution in [-0.4, -0.2) is 25.5 Å². The minimum absolute atomic E-state index is 0.0763. The second kappa shape index (κ2) is 4.43. The lowest BCUT2D eigenvalue weighted by Gasteiger charge is -2.19. The maximum Gasteiger partial charge on any atom is 0.239 e. The normalized spacial score (nSPS) is 14.6. The Kier molecular flexibility index (Phi) is 2.99. The number of hydrogen-bond acceptors (Lipinski definition) is 3. The van der Waals surface area contributed by atoms with Gasteiger partial charge in [-0.05, 0) is 31.0 Å². The third-order valence-corrected chi connectivity index (χ3v) is 2.63. The quantitative estimate of drug-likeness (QED) is 0.742. The molecular formula is C12H17N3O. The molecule has 0 saturated heterocycles. The third-order valence-electron chi connectivity index (χ3n) is 2.63. The molecule has 1 aromatic rings. The van der Waals surface area contributed by atoms with Gasteiger partial charge in [0.25, 0.3) is 0 Å². The Bertz CT molecular complexity index is 388. The van der Waals surface area contributed by atoms with Crippen LogP contribution in [0, 0.1) is 0 Å². The number of hydrogen-bond donors (Lipinski definition) is 2. The Morgan fingerprint density at radius 3 is 2.94 bits per heavy atom. The summed E-state index contributed by atoms with van der Waals surface area (Å²) in [7, 11) is 1.89. The molecule has 1 aliphatic carbocycles. The molecule has 0 atom stereocenters. The summed E-state index contributed by atoms with van der Waals surface area (Å²) in [5.74, 6) is 0.0763. The van der Waals surface area contributed by atoms with Gasteiger partial charge in [0.1, 0.15) is 0 Å². The molecular weight excluding hydrogens is 202 g/mol. The molecule has 16 heavy (non-hydrogen) atoms. The van der Waals surface area contributed by atoms with Crippen LogP contribution in [0.25, 0.3) is 0 Å². The summed E-state index contributed by atoms with van der Waals surface area (Å²) in [6.45, 7) is 0.375. The van der Waals surface area contributed by atoms with Crippen molar-refractivity contribution in [3.05, 3.63) is 24.3 Å². The molecule has 1 aromatic carbocycles. The minimum atomic E-state index is 0.0763. The average Bonchev–Trinajstić information content (AvgIpc) is 3.01. The van der Waals surface area contributed by atoms with Crippen molar-refractivity contribution in [2.24, 2.45) is 0 Å². The summed E-state index contributed by atoms with van der Waals surface area (Å²) in [5.41, 5.74) is 7.37. The second-order valence-corrected chi connectivity index (χ2v) is 4.29. The van der Waals surface area contributed by atoms with Crippen LogP contribution < -0.4 is 16.0 Å². The molecule has 4 nitrogen and oxygen atoms in total. The van der Waals surface area contributed by atoms with Gasteiger partial charge in [0, 0.05) is 24.5 Å². The molecule has 0 radical (unpaired) electrons. The van der Waals surface area contributed by atoms with E-state index < -0.39 is 0 Å². The summed E-state index contributed by atoms with van der Waals surface area (Å²) in [6, 6.07) is 7.95. The zero-order valence-corrected chi connectivity index (χ0v) is 9.44. The lowest BCUT2D eigenvalue weighted by Crippen LogP contribution is -2.36. The number of anilines is 2. The lowest BCUT2D eigenvalue weighted by atomic mass is 10.2. The molecule has 1 amide bonds. The predicted molar refractivity (Wildman–Crippen MR) is 65.3 cm³/mol. The number of nitrogens with zero attached hydrogens (tertiary/aromatic N) is 1. The fourth-order valence-electron chi connectivity index (χ4n) is 1.57. The molecule has 0 spiro atoms. The fraction of sp³-hybridized carbons (Fsp3) is 0.417. The zero-order chi connectivity index (χ0) is 11.5. The first-order valence-electron chi connectivity index (χ1n) is 5.51. The van der Waals surface area contributed by atoms with E-state index in [0.29, 0.717) is 18.3 Å². The van der Waals surface area contributed by atoms with Gasteiger partial charge in [-0.15, -0.1) is 0 Å². The lowest BCUT2D eigenvalue weighted by molar-refractivity contribution is -0.119. The van der Waals surface area contributed by atoms with Crippen molar-refractivity contribution in [1.29, 1.82) is 0 Å². The Morgan fingerprint density at radius 1 is 1.56 bits per heavy atom. The highest BCUT2D eigenvalue weighted by Crippen LogP contribution is 2.19. The van der Waals surface area contributed by atoms with Crippen LogP contribution in [0.3, 0.4) is 0 Å². The molecule has 1 fully saturated rings. The van der Waals surface area contributed by atoms with E-state index in [1.807, 2.05) is 36.2 Å². The maximum atomic E-state index is 11.6. The molecule has 1 aliphatic rings. The Morgan fingerprint density at radius 2 is 2.31 bits per heavy atom. The molecule has 4 heteroatoms. The summed E-state index contributed by atoms with van der Waals surface area (Å²) >= 11 is 0. The second-order valence-electron chi connectivity index (χ2n) is 4.29. The summed E-state index contributed by atoms with van der Waals surface area (Å²) < 4.78 is 0. The summed E-state index contributed by atoms with van der Waals surface area (Å²) in [6.07, 6.45) is 2.24. The largest absolute Gasteiger partial charge is 0.399 e. The van der Waals surface area contributed by atoms with E-state index in [2.05, 4.69) is 5.32 Å². The van der Waals surface area contributed by atoms with Crippen LogP contribution in [0.2, 0.25) is 0 Å². The van der Waals surface area contributed by atoms with E-state index in [1.165, 1.54) is 0 Å².